The smallest absolute Gasteiger partial charge is 0.357 e. The molecular formula is C22H22N4O7S2. The number of hydrogen-bond donors (Lipinski definition) is 2. The summed E-state index contributed by atoms with van der Waals surface area (Å²) >= 11 is 2.68. The number of ether oxygens (including phenoxy) is 2. The quantitative estimate of drug-likeness (QED) is 0.219. The molecule has 3 atom stereocenters. The second kappa shape index (κ2) is 10.5. The first-order valence-electron chi connectivity index (χ1n) is 10.6. The lowest BCUT2D eigenvalue weighted by Crippen LogP contribution is -2.71. The summed E-state index contributed by atoms with van der Waals surface area (Å²) in [6.45, 7) is 1.92. The molecule has 0 aliphatic carbocycles. The molecule has 1 saturated heterocycles. The van der Waals surface area contributed by atoms with E-state index in [-0.39, 0.29) is 36.0 Å². The van der Waals surface area contributed by atoms with Crippen LogP contribution in [-0.4, -0.2) is 51.1 Å². The molecule has 184 valence electrons. The van der Waals surface area contributed by atoms with Crippen LogP contribution in [-0.2, 0) is 36.9 Å². The Morgan fingerprint density at radius 1 is 1.26 bits per heavy atom. The van der Waals surface area contributed by atoms with E-state index in [9.17, 15) is 24.5 Å². The number of hydrogen-bond acceptors (Lipinski definition) is 10. The second-order valence-electron chi connectivity index (χ2n) is 7.63. The first kappa shape index (κ1) is 24.7. The molecule has 2 aromatic rings. The number of nitrogens with one attached hydrogen (secondary N) is 1. The van der Waals surface area contributed by atoms with Crippen LogP contribution in [0.2, 0.25) is 0 Å². The minimum atomic E-state index is -0.832. The van der Waals surface area contributed by atoms with Gasteiger partial charge in [0, 0.05) is 23.6 Å². The van der Waals surface area contributed by atoms with Crippen LogP contribution in [0.1, 0.15) is 17.4 Å². The van der Waals surface area contributed by atoms with E-state index in [2.05, 4.69) is 5.32 Å². The number of β-lactam (4-membered cyclic amide) rings is 1. The van der Waals surface area contributed by atoms with Gasteiger partial charge in [-0.05, 0) is 36.1 Å². The van der Waals surface area contributed by atoms with E-state index < -0.39 is 33.7 Å². The van der Waals surface area contributed by atoms with Crippen molar-refractivity contribution in [2.45, 2.75) is 36.8 Å². The first-order chi connectivity index (χ1) is 16.8. The molecule has 0 radical (unpaired) electrons. The molecule has 3 heterocycles. The van der Waals surface area contributed by atoms with Crippen LogP contribution in [0, 0.1) is 10.1 Å². The van der Waals surface area contributed by atoms with E-state index in [1.54, 1.807) is 6.92 Å². The molecule has 1 aromatic carbocycles. The SMILES string of the molecule is CCOC1S[C@H]2[C@H](NC(=O)Cc3cccs3)C(=O)N2C(C(=O)OCc2ccc([N+](=O)[O-])cc2)=C1N. The Morgan fingerprint density at radius 2 is 2.00 bits per heavy atom. The van der Waals surface area contributed by atoms with Crippen molar-refractivity contribution in [3.05, 3.63) is 73.7 Å². The molecule has 1 fully saturated rings. The number of nitro benzene ring substituents is 1. The number of nitro groups is 1. The highest BCUT2D eigenvalue weighted by Gasteiger charge is 2.56. The Kier molecular flexibility index (Phi) is 7.38. The summed E-state index contributed by atoms with van der Waals surface area (Å²) in [4.78, 5) is 50.7. The van der Waals surface area contributed by atoms with Gasteiger partial charge in [-0.2, -0.15) is 0 Å². The zero-order valence-electron chi connectivity index (χ0n) is 18.5. The molecule has 0 saturated carbocycles. The number of esters is 1. The Balaban J connectivity index is 1.46. The minimum absolute atomic E-state index is 0.0542. The number of rotatable bonds is 9. The van der Waals surface area contributed by atoms with Crippen LogP contribution in [0.25, 0.3) is 0 Å². The Hall–Kier alpha value is -3.42. The molecule has 3 N–H and O–H groups in total. The summed E-state index contributed by atoms with van der Waals surface area (Å²) in [5.41, 5.74) is 5.87. The molecule has 1 aromatic heterocycles. The van der Waals surface area contributed by atoms with Gasteiger partial charge in [0.2, 0.25) is 5.91 Å². The summed E-state index contributed by atoms with van der Waals surface area (Å²) in [7, 11) is 0. The Labute approximate surface area is 208 Å². The average Bonchev–Trinajstić information content (AvgIpc) is 3.35. The summed E-state index contributed by atoms with van der Waals surface area (Å²) in [6, 6.07) is 8.40. The van der Waals surface area contributed by atoms with Crippen molar-refractivity contribution in [2.24, 2.45) is 5.73 Å². The molecule has 2 amide bonds. The number of benzene rings is 1. The standard InChI is InChI=1S/C22H22N4O7S2/c1-2-32-22-16(23)18(21(29)33-11-12-5-7-13(8-6-12)26(30)31)25-19(28)17(20(25)35-22)24-15(27)10-14-4-3-9-34-14/h3-9,17,20,22H,2,10-11,23H2,1H3,(H,24,27)/t17-,20+,22?/m1/s1. The number of amides is 2. The molecule has 2 aliphatic heterocycles. The zero-order chi connectivity index (χ0) is 25.1. The number of thioether (sulfide) groups is 1. The minimum Gasteiger partial charge on any atom is -0.456 e. The van der Waals surface area contributed by atoms with Gasteiger partial charge in [0.05, 0.1) is 17.0 Å². The van der Waals surface area contributed by atoms with Crippen molar-refractivity contribution in [3.8, 4) is 0 Å². The van der Waals surface area contributed by atoms with Crippen LogP contribution in [0.15, 0.2) is 53.2 Å². The topological polar surface area (TPSA) is 154 Å². The molecule has 0 spiro atoms. The van der Waals surface area contributed by atoms with Gasteiger partial charge < -0.3 is 20.5 Å². The van der Waals surface area contributed by atoms with Crippen LogP contribution < -0.4 is 11.1 Å². The van der Waals surface area contributed by atoms with Crippen molar-refractivity contribution in [3.63, 3.8) is 0 Å². The Bertz CT molecular complexity index is 1170. The maximum atomic E-state index is 13.0. The number of nitrogens with two attached hydrogens (primary N) is 1. The van der Waals surface area contributed by atoms with Gasteiger partial charge in [0.15, 0.2) is 5.70 Å². The van der Waals surface area contributed by atoms with Gasteiger partial charge in [-0.15, -0.1) is 11.3 Å². The largest absolute Gasteiger partial charge is 0.456 e. The number of non-ortho nitro benzene ring substituents is 1. The molecule has 1 unspecified atom stereocenters. The first-order valence-corrected chi connectivity index (χ1v) is 12.4. The van der Waals surface area contributed by atoms with Crippen molar-refractivity contribution >= 4 is 46.6 Å². The summed E-state index contributed by atoms with van der Waals surface area (Å²) in [5, 5.41) is 14.8. The number of thiophene rings is 1. The van der Waals surface area contributed by atoms with Gasteiger partial charge in [-0.25, -0.2) is 4.79 Å². The maximum Gasteiger partial charge on any atom is 0.357 e. The highest BCUT2D eigenvalue weighted by Crippen LogP contribution is 2.43. The summed E-state index contributed by atoms with van der Waals surface area (Å²) < 4.78 is 11.0. The van der Waals surface area contributed by atoms with E-state index in [1.165, 1.54) is 52.3 Å². The van der Waals surface area contributed by atoms with Gasteiger partial charge in [-0.3, -0.25) is 24.6 Å². The molecule has 13 heteroatoms. The van der Waals surface area contributed by atoms with E-state index in [4.69, 9.17) is 15.2 Å². The van der Waals surface area contributed by atoms with Crippen LogP contribution in [0.3, 0.4) is 0 Å². The number of nitrogens with zero attached hydrogens (tertiary/aromatic N) is 2. The van der Waals surface area contributed by atoms with Crippen LogP contribution >= 0.6 is 23.1 Å². The lowest BCUT2D eigenvalue weighted by molar-refractivity contribution is -0.384. The third kappa shape index (κ3) is 5.16. The highest BCUT2D eigenvalue weighted by molar-refractivity contribution is 8.00. The van der Waals surface area contributed by atoms with E-state index in [1.807, 2.05) is 17.5 Å². The highest BCUT2D eigenvalue weighted by atomic mass is 32.2. The fourth-order valence-corrected chi connectivity index (χ4v) is 5.75. The maximum absolute atomic E-state index is 13.0. The molecule has 35 heavy (non-hydrogen) atoms. The number of carbonyl (C=O) groups is 3. The molecule has 11 nitrogen and oxygen atoms in total. The lowest BCUT2D eigenvalue weighted by Gasteiger charge is -2.50. The van der Waals surface area contributed by atoms with Crippen molar-refractivity contribution < 1.29 is 28.8 Å². The normalized spacial score (nSPS) is 21.2. The Morgan fingerprint density at radius 3 is 2.63 bits per heavy atom. The summed E-state index contributed by atoms with van der Waals surface area (Å²) in [6.07, 6.45) is 0.149. The monoisotopic (exact) mass is 518 g/mol. The van der Waals surface area contributed by atoms with Gasteiger partial charge in [0.1, 0.15) is 23.5 Å². The zero-order valence-corrected chi connectivity index (χ0v) is 20.2. The second-order valence-corrected chi connectivity index (χ2v) is 9.84. The fourth-order valence-electron chi connectivity index (χ4n) is 3.65. The third-order valence-electron chi connectivity index (χ3n) is 5.33. The summed E-state index contributed by atoms with van der Waals surface area (Å²) in [5.74, 6) is -1.60. The van der Waals surface area contributed by atoms with E-state index >= 15 is 0 Å². The van der Waals surface area contributed by atoms with Crippen LogP contribution in [0.4, 0.5) is 5.69 Å². The average molecular weight is 519 g/mol. The molecule has 4 rings (SSSR count). The van der Waals surface area contributed by atoms with Crippen molar-refractivity contribution in [1.29, 1.82) is 0 Å². The van der Waals surface area contributed by atoms with E-state index in [0.717, 1.165) is 4.88 Å². The van der Waals surface area contributed by atoms with Gasteiger partial charge >= 0.3 is 5.97 Å². The van der Waals surface area contributed by atoms with Crippen molar-refractivity contribution in [1.82, 2.24) is 10.2 Å². The van der Waals surface area contributed by atoms with Gasteiger partial charge in [-0.1, -0.05) is 17.8 Å². The third-order valence-corrected chi connectivity index (χ3v) is 7.61. The fraction of sp³-hybridized carbons (Fsp3) is 0.318. The molecule has 2 aliphatic rings. The van der Waals surface area contributed by atoms with Crippen LogP contribution in [0.5, 0.6) is 0 Å². The van der Waals surface area contributed by atoms with Gasteiger partial charge in [0.25, 0.3) is 11.6 Å². The molecule has 0 bridgehead atoms. The van der Waals surface area contributed by atoms with Crippen molar-refractivity contribution in [2.75, 3.05) is 6.61 Å². The number of carbonyl (C=O) groups excluding carboxylic acids is 3. The predicted octanol–water partition coefficient (Wildman–Crippen LogP) is 1.87. The van der Waals surface area contributed by atoms with E-state index in [0.29, 0.717) is 12.2 Å². The molecular weight excluding hydrogens is 496 g/mol. The predicted molar refractivity (Wildman–Crippen MR) is 128 cm³/mol. The lowest BCUT2D eigenvalue weighted by atomic mass is 10.0. The number of fused-ring (bicyclic) bond motifs is 1.